The number of nitrogens with one attached hydrogen (secondary N) is 3. The summed E-state index contributed by atoms with van der Waals surface area (Å²) in [6.07, 6.45) is 0.455. The summed E-state index contributed by atoms with van der Waals surface area (Å²) in [6.45, 7) is 11.1. The van der Waals surface area contributed by atoms with E-state index in [2.05, 4.69) is 21.1 Å². The highest BCUT2D eigenvalue weighted by molar-refractivity contribution is 5.98. The smallest absolute Gasteiger partial charge is 0.274 e. The molecule has 0 aliphatic carbocycles. The van der Waals surface area contributed by atoms with E-state index in [0.29, 0.717) is 18.8 Å². The van der Waals surface area contributed by atoms with Gasteiger partial charge in [0.25, 0.3) is 5.91 Å². The monoisotopic (exact) mass is 468 g/mol. The number of ether oxygens (including phenoxy) is 2. The average molecular weight is 469 g/mol. The largest absolute Gasteiger partial charge is 0.382 e. The fourth-order valence-electron chi connectivity index (χ4n) is 2.91. The van der Waals surface area contributed by atoms with Gasteiger partial charge in [0.05, 0.1) is 25.8 Å². The van der Waals surface area contributed by atoms with E-state index in [-0.39, 0.29) is 30.5 Å². The minimum atomic E-state index is -1.05. The highest BCUT2D eigenvalue weighted by atomic mass is 16.6. The third-order valence-corrected chi connectivity index (χ3v) is 4.70. The lowest BCUT2D eigenvalue weighted by Gasteiger charge is -2.22. The number of hydrogen-bond donors (Lipinski definition) is 3. The van der Waals surface area contributed by atoms with Crippen molar-refractivity contribution in [3.05, 3.63) is 17.5 Å². The van der Waals surface area contributed by atoms with Gasteiger partial charge in [-0.2, -0.15) is 0 Å². The molecule has 0 spiro atoms. The summed E-state index contributed by atoms with van der Waals surface area (Å²) < 4.78 is 15.0. The van der Waals surface area contributed by atoms with Crippen LogP contribution < -0.4 is 16.0 Å². The molecule has 1 saturated heterocycles. The number of hydrogen-bond acceptors (Lipinski definition) is 8. The fraction of sp³-hybridized carbons (Fsp3) is 0.682. The van der Waals surface area contributed by atoms with E-state index in [1.54, 1.807) is 13.8 Å². The highest BCUT2D eigenvalue weighted by Crippen LogP contribution is 2.29. The van der Waals surface area contributed by atoms with Gasteiger partial charge in [-0.1, -0.05) is 32.9 Å². The van der Waals surface area contributed by atoms with Gasteiger partial charge in [-0.25, -0.2) is 0 Å². The first-order chi connectivity index (χ1) is 15.6. The number of amides is 3. The second-order valence-electron chi connectivity index (χ2n) is 8.16. The van der Waals surface area contributed by atoms with E-state index in [1.165, 1.54) is 13.2 Å². The number of ketones is 1. The molecular formula is C22H36N4O7. The molecule has 2 heterocycles. The topological polar surface area (TPSA) is 152 Å². The number of aryl methyl sites for hydroxylation is 1. The molecule has 0 radical (unpaired) electrons. The molecule has 1 fully saturated rings. The van der Waals surface area contributed by atoms with Crippen LogP contribution in [0, 0.1) is 12.8 Å². The summed E-state index contributed by atoms with van der Waals surface area (Å²) in [5.41, 5.74) is -0.835. The quantitative estimate of drug-likeness (QED) is 0.380. The molecule has 1 aliphatic heterocycles. The minimum Gasteiger partial charge on any atom is -0.382 e. The van der Waals surface area contributed by atoms with Crippen molar-refractivity contribution in [3.63, 3.8) is 0 Å². The van der Waals surface area contributed by atoms with Gasteiger partial charge in [0, 0.05) is 13.2 Å². The van der Waals surface area contributed by atoms with Crippen LogP contribution in [0.2, 0.25) is 0 Å². The molecule has 0 saturated carbocycles. The normalized spacial score (nSPS) is 18.4. The standard InChI is InChI=1S/C20H30N4O7.C2H6/c1-11(2)6-13(17(26)20(4)10-30-20)22-16(25)8-21-18(27)15(9-29-5)23-19(28)14-7-12(3)31-24-14;1-2/h7,11,13,15H,6,8-10H2,1-5H3,(H,21,27)(H,22,25)(H,23,28);1-2H3. The Balaban J connectivity index is 0.00000265. The molecule has 1 aromatic rings. The summed E-state index contributed by atoms with van der Waals surface area (Å²) in [5.74, 6) is -1.31. The molecule has 11 heteroatoms. The molecule has 11 nitrogen and oxygen atoms in total. The number of carbonyl (C=O) groups is 4. The number of epoxide rings is 1. The predicted octanol–water partition coefficient (Wildman–Crippen LogP) is 0.759. The number of aromatic nitrogens is 1. The lowest BCUT2D eigenvalue weighted by atomic mass is 9.93. The van der Waals surface area contributed by atoms with Gasteiger partial charge in [0.15, 0.2) is 11.5 Å². The molecule has 3 amide bonds. The average Bonchev–Trinajstić information content (AvgIpc) is 3.37. The third-order valence-electron chi connectivity index (χ3n) is 4.70. The van der Waals surface area contributed by atoms with Crippen LogP contribution in [0.1, 0.15) is 57.3 Å². The Kier molecular flexibility index (Phi) is 11.2. The first-order valence-corrected chi connectivity index (χ1v) is 11.0. The van der Waals surface area contributed by atoms with Gasteiger partial charge >= 0.3 is 0 Å². The highest BCUT2D eigenvalue weighted by Gasteiger charge is 2.50. The van der Waals surface area contributed by atoms with E-state index in [1.807, 2.05) is 27.7 Å². The molecular weight excluding hydrogens is 432 g/mol. The Morgan fingerprint density at radius 2 is 1.82 bits per heavy atom. The third kappa shape index (κ3) is 8.93. The summed E-state index contributed by atoms with van der Waals surface area (Å²) >= 11 is 0. The Labute approximate surface area is 194 Å². The van der Waals surface area contributed by atoms with E-state index in [4.69, 9.17) is 14.0 Å². The second-order valence-corrected chi connectivity index (χ2v) is 8.16. The predicted molar refractivity (Wildman–Crippen MR) is 119 cm³/mol. The van der Waals surface area contributed by atoms with Crippen molar-refractivity contribution in [2.75, 3.05) is 26.9 Å². The fourth-order valence-corrected chi connectivity index (χ4v) is 2.91. The van der Waals surface area contributed by atoms with Crippen molar-refractivity contribution in [2.45, 2.75) is 65.6 Å². The lowest BCUT2D eigenvalue weighted by molar-refractivity contribution is -0.131. The van der Waals surface area contributed by atoms with Crippen LogP contribution in [0.15, 0.2) is 10.6 Å². The zero-order chi connectivity index (χ0) is 25.2. The van der Waals surface area contributed by atoms with Gasteiger partial charge < -0.3 is 29.9 Å². The van der Waals surface area contributed by atoms with E-state index in [9.17, 15) is 19.2 Å². The van der Waals surface area contributed by atoms with Crippen LogP contribution in [0.25, 0.3) is 0 Å². The van der Waals surface area contributed by atoms with Gasteiger partial charge in [0.2, 0.25) is 11.8 Å². The molecule has 0 bridgehead atoms. The molecule has 0 aromatic carbocycles. The van der Waals surface area contributed by atoms with Crippen LogP contribution in [0.4, 0.5) is 0 Å². The number of nitrogens with zero attached hydrogens (tertiary/aromatic N) is 1. The van der Waals surface area contributed by atoms with Crippen LogP contribution in [0.5, 0.6) is 0 Å². The van der Waals surface area contributed by atoms with Crippen molar-refractivity contribution in [2.24, 2.45) is 5.92 Å². The van der Waals surface area contributed by atoms with Crippen LogP contribution in [0.3, 0.4) is 0 Å². The Morgan fingerprint density at radius 1 is 1.18 bits per heavy atom. The summed E-state index contributed by atoms with van der Waals surface area (Å²) in [6, 6.07) is -0.323. The maximum Gasteiger partial charge on any atom is 0.274 e. The summed E-state index contributed by atoms with van der Waals surface area (Å²) in [5, 5.41) is 11.2. The summed E-state index contributed by atoms with van der Waals surface area (Å²) in [7, 11) is 1.38. The van der Waals surface area contributed by atoms with E-state index < -0.39 is 35.4 Å². The van der Waals surface area contributed by atoms with Crippen molar-refractivity contribution < 1.29 is 33.2 Å². The molecule has 1 aromatic heterocycles. The number of Topliss-reactive ketones (excluding diaryl/α,β-unsaturated/α-hetero) is 1. The number of rotatable bonds is 12. The Morgan fingerprint density at radius 3 is 2.30 bits per heavy atom. The van der Waals surface area contributed by atoms with E-state index >= 15 is 0 Å². The number of carbonyl (C=O) groups excluding carboxylic acids is 4. The Hall–Kier alpha value is -2.79. The van der Waals surface area contributed by atoms with E-state index in [0.717, 1.165) is 0 Å². The molecule has 1 aliphatic rings. The van der Waals surface area contributed by atoms with Crippen molar-refractivity contribution in [3.8, 4) is 0 Å². The number of methoxy groups -OCH3 is 1. The SMILES string of the molecule is CC.COCC(NC(=O)c1cc(C)on1)C(=O)NCC(=O)NC(CC(C)C)C(=O)C1(C)CO1. The second kappa shape index (κ2) is 13.0. The molecule has 33 heavy (non-hydrogen) atoms. The van der Waals surface area contributed by atoms with Gasteiger partial charge in [-0.3, -0.25) is 19.2 Å². The summed E-state index contributed by atoms with van der Waals surface area (Å²) in [4.78, 5) is 49.6. The van der Waals surface area contributed by atoms with Gasteiger partial charge in [-0.15, -0.1) is 0 Å². The zero-order valence-corrected chi connectivity index (χ0v) is 20.4. The minimum absolute atomic E-state index is 0.0231. The first kappa shape index (κ1) is 28.2. The zero-order valence-electron chi connectivity index (χ0n) is 20.4. The molecule has 2 rings (SSSR count). The molecule has 3 unspecified atom stereocenters. The maximum absolute atomic E-state index is 12.6. The molecule has 3 N–H and O–H groups in total. The van der Waals surface area contributed by atoms with Crippen molar-refractivity contribution in [1.29, 1.82) is 0 Å². The van der Waals surface area contributed by atoms with Crippen molar-refractivity contribution >= 4 is 23.5 Å². The maximum atomic E-state index is 12.6. The van der Waals surface area contributed by atoms with Crippen LogP contribution in [-0.4, -0.2) is 73.2 Å². The Bertz CT molecular complexity index is 817. The van der Waals surface area contributed by atoms with Gasteiger partial charge in [-0.05, 0) is 26.2 Å². The first-order valence-electron chi connectivity index (χ1n) is 11.0. The molecule has 186 valence electrons. The molecule has 3 atom stereocenters. The van der Waals surface area contributed by atoms with Crippen LogP contribution in [-0.2, 0) is 23.9 Å². The lowest BCUT2D eigenvalue weighted by Crippen LogP contribution is -2.53. The van der Waals surface area contributed by atoms with Crippen LogP contribution >= 0.6 is 0 Å². The van der Waals surface area contributed by atoms with Crippen molar-refractivity contribution in [1.82, 2.24) is 21.1 Å². The van der Waals surface area contributed by atoms with Gasteiger partial charge in [0.1, 0.15) is 17.4 Å².